The first-order valence-corrected chi connectivity index (χ1v) is 12.2. The lowest BCUT2D eigenvalue weighted by molar-refractivity contribution is 0.0383. The highest BCUT2D eigenvalue weighted by atomic mass is 16.5. The fraction of sp³-hybridized carbons (Fsp3) is 0.333. The number of rotatable bonds is 6. The third-order valence-electron chi connectivity index (χ3n) is 6.66. The van der Waals surface area contributed by atoms with E-state index in [-0.39, 0.29) is 22.5 Å². The molecule has 0 unspecified atom stereocenters. The van der Waals surface area contributed by atoms with Crippen LogP contribution < -0.4 is 16.4 Å². The summed E-state index contributed by atoms with van der Waals surface area (Å²) in [5, 5.41) is 12.2. The molecule has 1 aliphatic rings. The monoisotopic (exact) mass is 486 g/mol. The van der Waals surface area contributed by atoms with E-state index in [4.69, 9.17) is 15.1 Å². The van der Waals surface area contributed by atoms with E-state index in [1.807, 2.05) is 44.2 Å². The number of nitrogens with zero attached hydrogens (tertiary/aromatic N) is 4. The summed E-state index contributed by atoms with van der Waals surface area (Å²) in [6, 6.07) is 13.2. The zero-order valence-corrected chi connectivity index (χ0v) is 20.6. The Bertz CT molecular complexity index is 1550. The fourth-order valence-corrected chi connectivity index (χ4v) is 4.55. The van der Waals surface area contributed by atoms with Crippen molar-refractivity contribution in [3.8, 4) is 0 Å². The maximum absolute atomic E-state index is 13.5. The van der Waals surface area contributed by atoms with Crippen LogP contribution in [0.4, 0.5) is 0 Å². The Hall–Kier alpha value is -3.82. The number of aryl methyl sites for hydroxylation is 2. The quantitative estimate of drug-likeness (QED) is 0.405. The largest absolute Gasteiger partial charge is 0.379 e. The molecule has 0 aliphatic carbocycles. The minimum Gasteiger partial charge on any atom is -0.379 e. The molecule has 5 rings (SSSR count). The first-order valence-electron chi connectivity index (χ1n) is 12.2. The van der Waals surface area contributed by atoms with Crippen LogP contribution >= 0.6 is 0 Å². The normalized spacial score (nSPS) is 14.4. The number of morpholine rings is 1. The van der Waals surface area contributed by atoms with Crippen molar-refractivity contribution in [2.45, 2.75) is 20.4 Å². The van der Waals surface area contributed by atoms with Crippen molar-refractivity contribution >= 4 is 22.6 Å². The van der Waals surface area contributed by atoms with Gasteiger partial charge in [-0.05, 0) is 37.1 Å². The van der Waals surface area contributed by atoms with Crippen molar-refractivity contribution in [3.63, 3.8) is 0 Å². The molecule has 1 amide bonds. The van der Waals surface area contributed by atoms with Gasteiger partial charge in [-0.2, -0.15) is 0 Å². The first kappa shape index (κ1) is 23.9. The molecule has 36 heavy (non-hydrogen) atoms. The van der Waals surface area contributed by atoms with Gasteiger partial charge >= 0.3 is 0 Å². The van der Waals surface area contributed by atoms with Crippen LogP contribution in [0.1, 0.15) is 27.0 Å². The molecule has 1 fully saturated rings. The number of benzene rings is 1. The molecule has 4 heterocycles. The van der Waals surface area contributed by atoms with Crippen molar-refractivity contribution in [1.82, 2.24) is 24.2 Å². The molecule has 0 spiro atoms. The molecule has 3 aromatic heterocycles. The number of pyridine rings is 2. The molecule has 9 heteroatoms. The molecule has 9 nitrogen and oxygen atoms in total. The molecule has 0 saturated carbocycles. The Morgan fingerprint density at radius 1 is 1.11 bits per heavy atom. The minimum absolute atomic E-state index is 0.0248. The van der Waals surface area contributed by atoms with Gasteiger partial charge in [-0.15, -0.1) is 0 Å². The van der Waals surface area contributed by atoms with E-state index in [0.29, 0.717) is 49.5 Å². The van der Waals surface area contributed by atoms with Crippen LogP contribution in [-0.2, 0) is 11.3 Å². The van der Waals surface area contributed by atoms with Crippen LogP contribution in [0.3, 0.4) is 0 Å². The summed E-state index contributed by atoms with van der Waals surface area (Å²) in [4.78, 5) is 33.7. The first-order chi connectivity index (χ1) is 17.4. The molecule has 186 valence electrons. The van der Waals surface area contributed by atoms with E-state index in [2.05, 4.69) is 10.2 Å². The molecule has 0 bridgehead atoms. The molecule has 1 saturated heterocycles. The van der Waals surface area contributed by atoms with E-state index in [9.17, 15) is 9.59 Å². The van der Waals surface area contributed by atoms with E-state index in [0.717, 1.165) is 29.8 Å². The Balaban J connectivity index is 1.58. The van der Waals surface area contributed by atoms with Gasteiger partial charge in [-0.25, -0.2) is 4.98 Å². The van der Waals surface area contributed by atoms with Gasteiger partial charge in [-0.1, -0.05) is 35.9 Å². The second-order valence-corrected chi connectivity index (χ2v) is 9.23. The summed E-state index contributed by atoms with van der Waals surface area (Å²) in [5.41, 5.74) is 3.79. The molecule has 0 atom stereocenters. The highest BCUT2D eigenvalue weighted by molar-refractivity contribution is 5.96. The van der Waals surface area contributed by atoms with Gasteiger partial charge in [0.15, 0.2) is 0 Å². The Labute approximate surface area is 208 Å². The Morgan fingerprint density at radius 2 is 1.86 bits per heavy atom. The van der Waals surface area contributed by atoms with Crippen molar-refractivity contribution in [2.75, 3.05) is 39.4 Å². The number of aromatic nitrogens is 3. The summed E-state index contributed by atoms with van der Waals surface area (Å²) in [6.45, 7) is 8.44. The lowest BCUT2D eigenvalue weighted by atomic mass is 10.1. The molecule has 1 aromatic carbocycles. The number of hydrogen-bond acceptors (Lipinski definition) is 6. The van der Waals surface area contributed by atoms with E-state index >= 15 is 0 Å². The molecule has 1 aliphatic heterocycles. The zero-order valence-electron chi connectivity index (χ0n) is 20.6. The van der Waals surface area contributed by atoms with Crippen molar-refractivity contribution in [2.24, 2.45) is 0 Å². The average Bonchev–Trinajstić information content (AvgIpc) is 2.88. The third kappa shape index (κ3) is 4.67. The predicted octanol–water partition coefficient (Wildman–Crippen LogP) is 1.86. The highest BCUT2D eigenvalue weighted by Crippen LogP contribution is 2.15. The smallest absolute Gasteiger partial charge is 0.267 e. The Kier molecular flexibility index (Phi) is 6.67. The summed E-state index contributed by atoms with van der Waals surface area (Å²) in [5.74, 6) is -0.374. The van der Waals surface area contributed by atoms with Gasteiger partial charge in [0.05, 0.1) is 30.7 Å². The topological polar surface area (TPSA) is 105 Å². The fourth-order valence-electron chi connectivity index (χ4n) is 4.55. The summed E-state index contributed by atoms with van der Waals surface area (Å²) in [7, 11) is 0. The molecule has 4 aromatic rings. The minimum atomic E-state index is -0.374. The van der Waals surface area contributed by atoms with Gasteiger partial charge in [0.25, 0.3) is 11.5 Å². The summed E-state index contributed by atoms with van der Waals surface area (Å²) < 4.78 is 8.53. The standard InChI is InChI=1S/C27H30N6O3/c1-18-5-7-20(8-6-18)17-33-23(28)21(26(34)29-9-11-31-12-14-36-15-13-31)16-22-25(33)30-24-19(2)4-3-10-32(24)27(22)35/h3-8,10,16,28H,9,11-15,17H2,1-2H3,(H,29,34). The number of hydrogen-bond donors (Lipinski definition) is 2. The predicted molar refractivity (Wildman–Crippen MR) is 137 cm³/mol. The molecule has 0 radical (unpaired) electrons. The lowest BCUT2D eigenvalue weighted by Gasteiger charge is -2.26. The SMILES string of the molecule is Cc1ccc(Cn2c(=N)c(C(=O)NCCN3CCOCC3)cc3c(=O)n4cccc(C)c4nc32)cc1. The van der Waals surface area contributed by atoms with Gasteiger partial charge < -0.3 is 14.6 Å². The number of amides is 1. The van der Waals surface area contributed by atoms with Crippen LogP contribution in [0.25, 0.3) is 16.7 Å². The van der Waals surface area contributed by atoms with E-state index in [1.54, 1.807) is 16.8 Å². The maximum Gasteiger partial charge on any atom is 0.267 e. The highest BCUT2D eigenvalue weighted by Gasteiger charge is 2.19. The molecular weight excluding hydrogens is 456 g/mol. The van der Waals surface area contributed by atoms with Crippen LogP contribution in [0.2, 0.25) is 0 Å². The average molecular weight is 487 g/mol. The van der Waals surface area contributed by atoms with Crippen LogP contribution in [0.5, 0.6) is 0 Å². The second kappa shape index (κ2) is 10.0. The van der Waals surface area contributed by atoms with Gasteiger partial charge in [0.2, 0.25) is 0 Å². The Morgan fingerprint density at radius 3 is 2.61 bits per heavy atom. The van der Waals surface area contributed by atoms with Crippen LogP contribution in [0.15, 0.2) is 53.5 Å². The van der Waals surface area contributed by atoms with Crippen LogP contribution in [-0.4, -0.2) is 64.2 Å². The van der Waals surface area contributed by atoms with Gasteiger partial charge in [0, 0.05) is 32.4 Å². The number of fused-ring (bicyclic) bond motifs is 2. The second-order valence-electron chi connectivity index (χ2n) is 9.23. The van der Waals surface area contributed by atoms with Crippen LogP contribution in [0, 0.1) is 19.3 Å². The number of carbonyl (C=O) groups is 1. The van der Waals surface area contributed by atoms with E-state index in [1.165, 1.54) is 10.5 Å². The summed E-state index contributed by atoms with van der Waals surface area (Å²) in [6.07, 6.45) is 1.68. The summed E-state index contributed by atoms with van der Waals surface area (Å²) >= 11 is 0. The van der Waals surface area contributed by atoms with E-state index < -0.39 is 0 Å². The van der Waals surface area contributed by atoms with Crippen molar-refractivity contribution in [1.29, 1.82) is 5.41 Å². The maximum atomic E-state index is 13.5. The zero-order chi connectivity index (χ0) is 25.2. The lowest BCUT2D eigenvalue weighted by Crippen LogP contribution is -2.42. The molecule has 2 N–H and O–H groups in total. The van der Waals surface area contributed by atoms with Crippen molar-refractivity contribution in [3.05, 3.63) is 86.8 Å². The molecular formula is C27H30N6O3. The van der Waals surface area contributed by atoms with Gasteiger partial charge in [-0.3, -0.25) is 24.3 Å². The number of carbonyl (C=O) groups excluding carboxylic acids is 1. The van der Waals surface area contributed by atoms with Gasteiger partial charge in [0.1, 0.15) is 16.8 Å². The van der Waals surface area contributed by atoms with Crippen molar-refractivity contribution < 1.29 is 9.53 Å². The number of nitrogens with one attached hydrogen (secondary N) is 2. The number of ether oxygens (including phenoxy) is 1. The third-order valence-corrected chi connectivity index (χ3v) is 6.66.